The molecule has 0 saturated heterocycles. The van der Waals surface area contributed by atoms with Crippen molar-refractivity contribution in [2.45, 2.75) is 26.1 Å². The van der Waals surface area contributed by atoms with Crippen LogP contribution in [0, 0.1) is 0 Å². The smallest absolute Gasteiger partial charge is 0.422 e. The average Bonchev–Trinajstić information content (AvgIpc) is 2.42. The predicted octanol–water partition coefficient (Wildman–Crippen LogP) is 2.17. The number of alkyl halides is 3. The summed E-state index contributed by atoms with van der Waals surface area (Å²) in [6, 6.07) is 2.72. The molecule has 9 heteroatoms. The van der Waals surface area contributed by atoms with E-state index in [-0.39, 0.29) is 35.8 Å². The Balaban J connectivity index is 0.00000441. The molecule has 5 nitrogen and oxygen atoms in total. The third-order valence-corrected chi connectivity index (χ3v) is 2.50. The molecule has 0 radical (unpaired) electrons. The summed E-state index contributed by atoms with van der Waals surface area (Å²) in [5, 5.41) is 5.83. The molecule has 0 saturated carbocycles. The lowest BCUT2D eigenvalue weighted by Crippen LogP contribution is -2.38. The van der Waals surface area contributed by atoms with E-state index in [0.29, 0.717) is 6.54 Å². The van der Waals surface area contributed by atoms with Crippen molar-refractivity contribution < 1.29 is 22.7 Å². The van der Waals surface area contributed by atoms with Gasteiger partial charge in [-0.15, -0.1) is 12.4 Å². The summed E-state index contributed by atoms with van der Waals surface area (Å²) in [6.07, 6.45) is -3.24. The quantitative estimate of drug-likeness (QED) is 0.798. The maximum atomic E-state index is 12.0. The normalized spacial score (nSPS) is 12.2. The lowest BCUT2D eigenvalue weighted by molar-refractivity contribution is -0.154. The van der Waals surface area contributed by atoms with Gasteiger partial charge in [-0.3, -0.25) is 4.79 Å². The molecule has 1 heterocycles. The van der Waals surface area contributed by atoms with Gasteiger partial charge in [0.05, 0.1) is 5.56 Å². The summed E-state index contributed by atoms with van der Waals surface area (Å²) in [7, 11) is 0. The number of carbonyl (C=O) groups is 1. The molecule has 0 aromatic carbocycles. The third kappa shape index (κ3) is 8.04. The summed E-state index contributed by atoms with van der Waals surface area (Å²) in [4.78, 5) is 15.4. The van der Waals surface area contributed by atoms with E-state index in [1.807, 2.05) is 13.8 Å². The van der Waals surface area contributed by atoms with E-state index in [1.54, 1.807) is 0 Å². The van der Waals surface area contributed by atoms with Gasteiger partial charge in [-0.1, -0.05) is 6.92 Å². The molecule has 1 rings (SSSR count). The number of halogens is 4. The van der Waals surface area contributed by atoms with Crippen LogP contribution in [-0.4, -0.2) is 42.8 Å². The molecule has 1 aromatic heterocycles. The summed E-state index contributed by atoms with van der Waals surface area (Å²) in [6.45, 7) is 3.71. The van der Waals surface area contributed by atoms with Gasteiger partial charge in [0, 0.05) is 24.8 Å². The first-order valence-electron chi connectivity index (χ1n) is 6.49. The van der Waals surface area contributed by atoms with Crippen molar-refractivity contribution in [3.8, 4) is 5.88 Å². The highest BCUT2D eigenvalue weighted by atomic mass is 35.5. The highest BCUT2D eigenvalue weighted by Gasteiger charge is 2.28. The Kier molecular flexibility index (Phi) is 8.81. The lowest BCUT2D eigenvalue weighted by Gasteiger charge is -2.13. The minimum Gasteiger partial charge on any atom is -0.468 e. The summed E-state index contributed by atoms with van der Waals surface area (Å²) in [5.74, 6) is -0.514. The molecule has 2 N–H and O–H groups in total. The first-order valence-corrected chi connectivity index (χ1v) is 6.49. The van der Waals surface area contributed by atoms with Gasteiger partial charge in [-0.05, 0) is 19.5 Å². The van der Waals surface area contributed by atoms with E-state index in [1.165, 1.54) is 18.3 Å². The Morgan fingerprint density at radius 3 is 2.59 bits per heavy atom. The first kappa shape index (κ1) is 20.5. The Labute approximate surface area is 133 Å². The molecule has 126 valence electrons. The van der Waals surface area contributed by atoms with Crippen molar-refractivity contribution in [3.63, 3.8) is 0 Å². The van der Waals surface area contributed by atoms with Crippen molar-refractivity contribution in [1.82, 2.24) is 15.6 Å². The van der Waals surface area contributed by atoms with Crippen LogP contribution in [0.1, 0.15) is 24.2 Å². The number of likely N-dealkylation sites (N-methyl/N-ethyl adjacent to an activating group) is 1. The van der Waals surface area contributed by atoms with Crippen LogP contribution in [0.2, 0.25) is 0 Å². The fourth-order valence-corrected chi connectivity index (χ4v) is 1.52. The zero-order valence-electron chi connectivity index (χ0n) is 12.2. The standard InChI is InChI=1S/C13H18F3N3O2.ClH/c1-3-17-9(2)6-19-12(20)10-4-5-11(18-7-10)21-8-13(14,15)16;/h4-5,7,9,17H,3,6,8H2,1-2H3,(H,19,20);1H/t9-;/m1./s1. The molecule has 0 fully saturated rings. The van der Waals surface area contributed by atoms with Crippen LogP contribution >= 0.6 is 12.4 Å². The van der Waals surface area contributed by atoms with Crippen molar-refractivity contribution in [1.29, 1.82) is 0 Å². The first-order chi connectivity index (χ1) is 9.81. The van der Waals surface area contributed by atoms with Crippen LogP contribution < -0.4 is 15.4 Å². The maximum absolute atomic E-state index is 12.0. The molecule has 1 amide bonds. The molecule has 0 bridgehead atoms. The fourth-order valence-electron chi connectivity index (χ4n) is 1.52. The van der Waals surface area contributed by atoms with Crippen LogP contribution in [-0.2, 0) is 0 Å². The SMILES string of the molecule is CCN[C@H](C)CNC(=O)c1ccc(OCC(F)(F)F)nc1.Cl. The van der Waals surface area contributed by atoms with Gasteiger partial charge in [0.15, 0.2) is 6.61 Å². The zero-order chi connectivity index (χ0) is 15.9. The zero-order valence-corrected chi connectivity index (χ0v) is 13.1. The molecule has 22 heavy (non-hydrogen) atoms. The summed E-state index contributed by atoms with van der Waals surface area (Å²) >= 11 is 0. The number of carbonyl (C=O) groups excluding carboxylic acids is 1. The Morgan fingerprint density at radius 2 is 2.09 bits per heavy atom. The molecule has 0 aliphatic heterocycles. The van der Waals surface area contributed by atoms with E-state index in [9.17, 15) is 18.0 Å². The Morgan fingerprint density at radius 1 is 1.41 bits per heavy atom. The summed E-state index contributed by atoms with van der Waals surface area (Å²) in [5.41, 5.74) is 0.262. The van der Waals surface area contributed by atoms with Crippen LogP contribution in [0.3, 0.4) is 0 Å². The third-order valence-electron chi connectivity index (χ3n) is 2.50. The summed E-state index contributed by atoms with van der Waals surface area (Å²) < 4.78 is 40.4. The number of hydrogen-bond acceptors (Lipinski definition) is 4. The van der Waals surface area contributed by atoms with Crippen molar-refractivity contribution in [3.05, 3.63) is 23.9 Å². The fraction of sp³-hybridized carbons (Fsp3) is 0.538. The average molecular weight is 342 g/mol. The minimum atomic E-state index is -4.42. The second kappa shape index (κ2) is 9.47. The van der Waals surface area contributed by atoms with Gasteiger partial charge in [-0.25, -0.2) is 4.98 Å². The number of amides is 1. The van der Waals surface area contributed by atoms with Crippen LogP contribution in [0.15, 0.2) is 18.3 Å². The van der Waals surface area contributed by atoms with Gasteiger partial charge < -0.3 is 15.4 Å². The van der Waals surface area contributed by atoms with Crippen LogP contribution in [0.4, 0.5) is 13.2 Å². The van der Waals surface area contributed by atoms with E-state index < -0.39 is 12.8 Å². The van der Waals surface area contributed by atoms with Crippen molar-refractivity contribution >= 4 is 18.3 Å². The minimum absolute atomic E-state index is 0. The topological polar surface area (TPSA) is 63.2 Å². The molecule has 1 aromatic rings. The molecule has 0 unspecified atom stereocenters. The highest BCUT2D eigenvalue weighted by molar-refractivity contribution is 5.93. The number of nitrogens with one attached hydrogen (secondary N) is 2. The number of aromatic nitrogens is 1. The molecule has 0 aliphatic carbocycles. The van der Waals surface area contributed by atoms with Crippen molar-refractivity contribution in [2.24, 2.45) is 0 Å². The highest BCUT2D eigenvalue weighted by Crippen LogP contribution is 2.16. The molecule has 0 aliphatic rings. The molecule has 1 atom stereocenters. The predicted molar refractivity (Wildman–Crippen MR) is 78.5 cm³/mol. The monoisotopic (exact) mass is 341 g/mol. The van der Waals surface area contributed by atoms with Gasteiger partial charge in [0.25, 0.3) is 5.91 Å². The number of hydrogen-bond donors (Lipinski definition) is 2. The lowest BCUT2D eigenvalue weighted by atomic mass is 10.2. The van der Waals surface area contributed by atoms with Crippen LogP contribution in [0.25, 0.3) is 0 Å². The van der Waals surface area contributed by atoms with Gasteiger partial charge in [-0.2, -0.15) is 13.2 Å². The molecule has 0 spiro atoms. The van der Waals surface area contributed by atoms with E-state index >= 15 is 0 Å². The van der Waals surface area contributed by atoms with Gasteiger partial charge in [0.1, 0.15) is 0 Å². The Hall–Kier alpha value is -1.54. The van der Waals surface area contributed by atoms with E-state index in [0.717, 1.165) is 6.54 Å². The van der Waals surface area contributed by atoms with E-state index in [4.69, 9.17) is 0 Å². The van der Waals surface area contributed by atoms with Gasteiger partial charge >= 0.3 is 6.18 Å². The number of rotatable bonds is 7. The number of ether oxygens (including phenoxy) is 1. The molecular formula is C13H19ClF3N3O2. The number of pyridine rings is 1. The second-order valence-electron chi connectivity index (χ2n) is 4.46. The van der Waals surface area contributed by atoms with Crippen molar-refractivity contribution in [2.75, 3.05) is 19.7 Å². The second-order valence-corrected chi connectivity index (χ2v) is 4.46. The Bertz CT molecular complexity index is 455. The molecular weight excluding hydrogens is 323 g/mol. The number of nitrogens with zero attached hydrogens (tertiary/aromatic N) is 1. The van der Waals surface area contributed by atoms with Gasteiger partial charge in [0.2, 0.25) is 5.88 Å². The largest absolute Gasteiger partial charge is 0.468 e. The van der Waals surface area contributed by atoms with E-state index in [2.05, 4.69) is 20.4 Å². The maximum Gasteiger partial charge on any atom is 0.422 e. The van der Waals surface area contributed by atoms with Crippen LogP contribution in [0.5, 0.6) is 5.88 Å².